The molecule has 0 radical (unpaired) electrons. The maximum Gasteiger partial charge on any atom is 0.335 e. The number of aromatic hydroxyl groups is 1. The second-order valence-corrected chi connectivity index (χ2v) is 6.65. The van der Waals surface area contributed by atoms with Crippen LogP contribution in [0.3, 0.4) is 0 Å². The molecule has 1 saturated heterocycles. The summed E-state index contributed by atoms with van der Waals surface area (Å²) in [7, 11) is 1.81. The van der Waals surface area contributed by atoms with Crippen LogP contribution in [0.2, 0.25) is 5.02 Å². The van der Waals surface area contributed by atoms with Crippen LogP contribution in [-0.4, -0.2) is 33.4 Å². The molecule has 1 unspecified atom stereocenters. The molecule has 2 aromatic carbocycles. The highest BCUT2D eigenvalue weighted by Crippen LogP contribution is 2.37. The van der Waals surface area contributed by atoms with Crippen LogP contribution >= 0.6 is 23.4 Å². The van der Waals surface area contributed by atoms with Crippen molar-refractivity contribution in [2.45, 2.75) is 5.37 Å². The average molecular weight is 364 g/mol. The number of halogens is 1. The molecule has 3 N–H and O–H groups in total. The molecule has 1 aliphatic heterocycles. The Balaban J connectivity index is 1.87. The molecule has 1 atom stereocenters. The van der Waals surface area contributed by atoms with Crippen LogP contribution in [0.15, 0.2) is 47.5 Å². The van der Waals surface area contributed by atoms with E-state index in [1.807, 2.05) is 24.3 Å². The molecule has 8 heteroatoms. The second kappa shape index (κ2) is 6.72. The van der Waals surface area contributed by atoms with E-state index in [0.29, 0.717) is 10.2 Å². The number of amidine groups is 1. The summed E-state index contributed by atoms with van der Waals surface area (Å²) in [5.41, 5.74) is 4.55. The molecule has 1 aliphatic rings. The van der Waals surface area contributed by atoms with Crippen LogP contribution in [0.1, 0.15) is 21.3 Å². The number of nitrogens with zero attached hydrogens (tertiary/aromatic N) is 2. The Morgan fingerprint density at radius 1 is 1.29 bits per heavy atom. The summed E-state index contributed by atoms with van der Waals surface area (Å²) < 4.78 is 0. The molecule has 24 heavy (non-hydrogen) atoms. The van der Waals surface area contributed by atoms with Gasteiger partial charge in [-0.1, -0.05) is 35.5 Å². The highest BCUT2D eigenvalue weighted by atomic mass is 35.5. The summed E-state index contributed by atoms with van der Waals surface area (Å²) in [6.45, 7) is 0. The fourth-order valence-electron chi connectivity index (χ4n) is 2.17. The number of carboxylic acids is 1. The van der Waals surface area contributed by atoms with Crippen molar-refractivity contribution in [3.8, 4) is 5.75 Å². The minimum atomic E-state index is -1.07. The molecule has 2 aromatic rings. The average Bonchev–Trinajstić information content (AvgIpc) is 2.91. The van der Waals surface area contributed by atoms with Crippen molar-refractivity contribution in [1.82, 2.24) is 10.4 Å². The molecule has 0 spiro atoms. The van der Waals surface area contributed by atoms with E-state index in [1.54, 1.807) is 12.1 Å². The zero-order valence-corrected chi connectivity index (χ0v) is 14.2. The Bertz CT molecular complexity index is 811. The first-order chi connectivity index (χ1) is 11.4. The molecule has 124 valence electrons. The number of hydrogen-bond donors (Lipinski definition) is 3. The number of rotatable bonds is 3. The Morgan fingerprint density at radius 2 is 2.00 bits per heavy atom. The number of thioether (sulfide) groups is 1. The van der Waals surface area contributed by atoms with Gasteiger partial charge in [0.05, 0.1) is 5.56 Å². The van der Waals surface area contributed by atoms with Gasteiger partial charge >= 0.3 is 5.97 Å². The van der Waals surface area contributed by atoms with Crippen molar-refractivity contribution >= 4 is 40.2 Å². The van der Waals surface area contributed by atoms with Crippen LogP contribution in [-0.2, 0) is 0 Å². The molecule has 6 nitrogen and oxygen atoms in total. The minimum absolute atomic E-state index is 0.0455. The van der Waals surface area contributed by atoms with E-state index >= 15 is 0 Å². The number of hydrazine groups is 1. The second-order valence-electron chi connectivity index (χ2n) is 5.14. The van der Waals surface area contributed by atoms with Gasteiger partial charge in [-0.3, -0.25) is 5.01 Å². The lowest BCUT2D eigenvalue weighted by Gasteiger charge is -2.12. The molecule has 1 fully saturated rings. The molecule has 0 amide bonds. The SMILES string of the molecule is CN1NC(c2ccc(Cl)cc2)SC1=Nc1cc(C(=O)O)ccc1O. The Labute approximate surface area is 147 Å². The van der Waals surface area contributed by atoms with Crippen LogP contribution in [0.4, 0.5) is 5.69 Å². The third kappa shape index (κ3) is 3.48. The molecule has 0 bridgehead atoms. The third-order valence-electron chi connectivity index (χ3n) is 3.43. The van der Waals surface area contributed by atoms with Crippen molar-refractivity contribution < 1.29 is 15.0 Å². The molecule has 3 rings (SSSR count). The smallest absolute Gasteiger partial charge is 0.335 e. The van der Waals surface area contributed by atoms with Gasteiger partial charge < -0.3 is 10.2 Å². The molecule has 1 heterocycles. The lowest BCUT2D eigenvalue weighted by molar-refractivity contribution is 0.0697. The number of aliphatic imine (C=N–C) groups is 1. The predicted molar refractivity (Wildman–Crippen MR) is 94.8 cm³/mol. The number of nitrogens with one attached hydrogen (secondary N) is 1. The zero-order chi connectivity index (χ0) is 17.3. The number of carbonyl (C=O) groups is 1. The maximum absolute atomic E-state index is 11.1. The topological polar surface area (TPSA) is 85.2 Å². The van der Waals surface area contributed by atoms with Gasteiger partial charge in [0.15, 0.2) is 5.17 Å². The van der Waals surface area contributed by atoms with Crippen LogP contribution in [0.25, 0.3) is 0 Å². The zero-order valence-electron chi connectivity index (χ0n) is 12.6. The van der Waals surface area contributed by atoms with Crippen LogP contribution in [0, 0.1) is 0 Å². The van der Waals surface area contributed by atoms with Crippen molar-refractivity contribution in [1.29, 1.82) is 0 Å². The molecular weight excluding hydrogens is 350 g/mol. The molecule has 0 saturated carbocycles. The highest BCUT2D eigenvalue weighted by Gasteiger charge is 2.27. The summed E-state index contributed by atoms with van der Waals surface area (Å²) in [4.78, 5) is 15.4. The van der Waals surface area contributed by atoms with Gasteiger partial charge in [-0.15, -0.1) is 0 Å². The van der Waals surface area contributed by atoms with Gasteiger partial charge in [-0.05, 0) is 35.9 Å². The van der Waals surface area contributed by atoms with Crippen LogP contribution in [0.5, 0.6) is 5.75 Å². The van der Waals surface area contributed by atoms with Gasteiger partial charge in [0.25, 0.3) is 0 Å². The summed E-state index contributed by atoms with van der Waals surface area (Å²) in [5.74, 6) is -1.14. The van der Waals surface area contributed by atoms with E-state index < -0.39 is 5.97 Å². The van der Waals surface area contributed by atoms with E-state index in [0.717, 1.165) is 5.56 Å². The lowest BCUT2D eigenvalue weighted by Crippen LogP contribution is -2.30. The number of aromatic carboxylic acids is 1. The Hall–Kier alpha value is -2.22. The van der Waals surface area contributed by atoms with E-state index in [2.05, 4.69) is 10.4 Å². The number of phenols is 1. The largest absolute Gasteiger partial charge is 0.506 e. The predicted octanol–water partition coefficient (Wildman–Crippen LogP) is 3.61. The minimum Gasteiger partial charge on any atom is -0.506 e. The molecular formula is C16H14ClN3O3S. The maximum atomic E-state index is 11.1. The summed E-state index contributed by atoms with van der Waals surface area (Å²) in [5, 5.41) is 21.9. The monoisotopic (exact) mass is 363 g/mol. The number of carboxylic acid groups (broad SMARTS) is 1. The Morgan fingerprint density at radius 3 is 2.67 bits per heavy atom. The van der Waals surface area contributed by atoms with Crippen molar-refractivity contribution in [3.05, 3.63) is 58.6 Å². The first kappa shape index (κ1) is 16.6. The Kier molecular flexibility index (Phi) is 4.66. The van der Waals surface area contributed by atoms with Crippen molar-refractivity contribution in [2.75, 3.05) is 7.05 Å². The van der Waals surface area contributed by atoms with E-state index in [9.17, 15) is 9.90 Å². The van der Waals surface area contributed by atoms with Gasteiger partial charge in [0, 0.05) is 12.1 Å². The van der Waals surface area contributed by atoms with Gasteiger partial charge in [0.1, 0.15) is 16.8 Å². The molecule has 0 aliphatic carbocycles. The first-order valence-electron chi connectivity index (χ1n) is 7.01. The fraction of sp³-hybridized carbons (Fsp3) is 0.125. The summed E-state index contributed by atoms with van der Waals surface area (Å²) in [6.07, 6.45) is 0. The number of benzene rings is 2. The van der Waals surface area contributed by atoms with E-state index in [4.69, 9.17) is 16.7 Å². The normalized spacial score (nSPS) is 19.0. The van der Waals surface area contributed by atoms with Crippen molar-refractivity contribution in [3.63, 3.8) is 0 Å². The van der Waals surface area contributed by atoms with Gasteiger partial charge in [-0.25, -0.2) is 15.2 Å². The quantitative estimate of drug-likeness (QED) is 0.772. The van der Waals surface area contributed by atoms with Crippen molar-refractivity contribution in [2.24, 2.45) is 4.99 Å². The van der Waals surface area contributed by atoms with Gasteiger partial charge in [-0.2, -0.15) is 0 Å². The summed E-state index contributed by atoms with van der Waals surface area (Å²) in [6, 6.07) is 11.5. The number of phenolic OH excluding ortho intramolecular Hbond substituents is 1. The fourth-order valence-corrected chi connectivity index (χ4v) is 3.38. The highest BCUT2D eigenvalue weighted by molar-refractivity contribution is 8.14. The van der Waals surface area contributed by atoms with Gasteiger partial charge in [0.2, 0.25) is 0 Å². The van der Waals surface area contributed by atoms with Crippen LogP contribution < -0.4 is 5.43 Å². The lowest BCUT2D eigenvalue weighted by atomic mass is 10.2. The standard InChI is InChI=1S/C16H14ClN3O3S/c1-20-16(18-12-8-10(15(22)23)4-7-13(12)21)24-14(19-20)9-2-5-11(17)6-3-9/h2-8,14,19,21H,1H3,(H,22,23). The van der Waals surface area contributed by atoms with E-state index in [1.165, 1.54) is 30.0 Å². The first-order valence-corrected chi connectivity index (χ1v) is 8.27. The molecule has 0 aromatic heterocycles. The number of hydrogen-bond acceptors (Lipinski definition) is 5. The van der Waals surface area contributed by atoms with E-state index in [-0.39, 0.29) is 22.4 Å². The summed E-state index contributed by atoms with van der Waals surface area (Å²) >= 11 is 7.36. The third-order valence-corrected chi connectivity index (χ3v) is 4.87.